The maximum atomic E-state index is 13.3. The maximum absolute atomic E-state index is 13.3. The Morgan fingerprint density at radius 1 is 1.23 bits per heavy atom. The lowest BCUT2D eigenvalue weighted by molar-refractivity contribution is -0.139. The molecule has 2 atom stereocenters. The SMILES string of the molecule is CCOC(=O)C1=C(CN2CCN3C(=O)N(c4ccc(/C=C(\C)C(=O)O)cc4)C[C@@H]3C2)NC(c2nccs2)=N[C@H]1C. The van der Waals surface area contributed by atoms with Crippen LogP contribution in [0.4, 0.5) is 10.5 Å². The van der Waals surface area contributed by atoms with Gasteiger partial charge >= 0.3 is 18.0 Å². The first-order valence-corrected chi connectivity index (χ1v) is 14.1. The van der Waals surface area contributed by atoms with Crippen LogP contribution in [-0.2, 0) is 14.3 Å². The van der Waals surface area contributed by atoms with Gasteiger partial charge in [-0.1, -0.05) is 12.1 Å². The van der Waals surface area contributed by atoms with Crippen LogP contribution in [0, 0.1) is 0 Å². The molecule has 2 N–H and O–H groups in total. The van der Waals surface area contributed by atoms with Gasteiger partial charge in [0.25, 0.3) is 0 Å². The Morgan fingerprint density at radius 3 is 2.67 bits per heavy atom. The second-order valence-corrected chi connectivity index (χ2v) is 10.8. The van der Waals surface area contributed by atoms with Gasteiger partial charge in [0.1, 0.15) is 0 Å². The average molecular weight is 565 g/mol. The van der Waals surface area contributed by atoms with Crippen LogP contribution in [0.3, 0.4) is 0 Å². The number of thiazole rings is 1. The zero-order valence-corrected chi connectivity index (χ0v) is 23.5. The van der Waals surface area contributed by atoms with E-state index < -0.39 is 5.97 Å². The highest BCUT2D eigenvalue weighted by Crippen LogP contribution is 2.28. The number of aliphatic carboxylic acids is 1. The van der Waals surface area contributed by atoms with E-state index in [1.54, 1.807) is 31.0 Å². The van der Waals surface area contributed by atoms with Crippen molar-refractivity contribution in [3.63, 3.8) is 0 Å². The number of rotatable bonds is 8. The molecule has 0 unspecified atom stereocenters. The molecule has 2 aromatic rings. The molecule has 2 saturated heterocycles. The van der Waals surface area contributed by atoms with Gasteiger partial charge in [0.05, 0.1) is 24.3 Å². The summed E-state index contributed by atoms with van der Waals surface area (Å²) in [7, 11) is 0. The molecular formula is C28H32N6O5S. The lowest BCUT2D eigenvalue weighted by Gasteiger charge is -2.37. The second-order valence-electron chi connectivity index (χ2n) is 9.93. The van der Waals surface area contributed by atoms with Crippen LogP contribution in [0.2, 0.25) is 0 Å². The van der Waals surface area contributed by atoms with Crippen LogP contribution in [0.15, 0.2) is 57.7 Å². The number of nitrogens with zero attached hydrogens (tertiary/aromatic N) is 5. The summed E-state index contributed by atoms with van der Waals surface area (Å²) in [6, 6.07) is 6.91. The number of carbonyl (C=O) groups is 3. The highest BCUT2D eigenvalue weighted by molar-refractivity contribution is 7.11. The minimum absolute atomic E-state index is 0.00478. The molecule has 3 aliphatic rings. The van der Waals surface area contributed by atoms with Gasteiger partial charge in [-0.3, -0.25) is 14.8 Å². The normalized spacial score (nSPS) is 21.7. The molecule has 12 heteroatoms. The maximum Gasteiger partial charge on any atom is 0.338 e. The van der Waals surface area contributed by atoms with Crippen molar-refractivity contribution in [3.8, 4) is 0 Å². The van der Waals surface area contributed by atoms with E-state index in [0.29, 0.717) is 44.1 Å². The highest BCUT2D eigenvalue weighted by Gasteiger charge is 2.42. The van der Waals surface area contributed by atoms with Gasteiger partial charge < -0.3 is 20.1 Å². The Bertz CT molecular complexity index is 1380. The van der Waals surface area contributed by atoms with E-state index >= 15 is 0 Å². The molecule has 0 spiro atoms. The topological polar surface area (TPSA) is 128 Å². The summed E-state index contributed by atoms with van der Waals surface area (Å²) in [6.45, 7) is 8.41. The molecule has 2 fully saturated rings. The van der Waals surface area contributed by atoms with Crippen LogP contribution in [0.1, 0.15) is 31.3 Å². The molecule has 11 nitrogen and oxygen atoms in total. The first-order valence-electron chi connectivity index (χ1n) is 13.2. The van der Waals surface area contributed by atoms with Gasteiger partial charge in [-0.25, -0.2) is 19.4 Å². The molecule has 1 aromatic heterocycles. The number of fused-ring (bicyclic) bond motifs is 1. The van der Waals surface area contributed by atoms with Crippen LogP contribution in [0.25, 0.3) is 6.08 Å². The van der Waals surface area contributed by atoms with Crippen LogP contribution in [-0.4, -0.2) is 95.1 Å². The van der Waals surface area contributed by atoms with E-state index in [0.717, 1.165) is 22.0 Å². The van der Waals surface area contributed by atoms with Gasteiger partial charge in [-0.05, 0) is 44.5 Å². The first-order chi connectivity index (χ1) is 19.2. The van der Waals surface area contributed by atoms with Crippen molar-refractivity contribution >= 4 is 46.9 Å². The smallest absolute Gasteiger partial charge is 0.338 e. The molecule has 210 valence electrons. The number of piperazine rings is 1. The number of aliphatic imine (C=N–C) groups is 1. The first kappa shape index (κ1) is 27.5. The quantitative estimate of drug-likeness (QED) is 0.370. The standard InChI is InChI=1S/C28H32N6O5S/c1-4-39-27(37)23-18(3)30-24(25-29-9-12-40-25)31-22(23)16-32-10-11-33-21(14-32)15-34(28(33)38)20-7-5-19(6-8-20)13-17(2)26(35)36/h5-9,12-13,18,21H,4,10-11,14-16H2,1-3H3,(H,30,31)(H,35,36)/b17-13+/t18-,21-/m0/s1. The Hall–Kier alpha value is -4.03. The van der Waals surface area contributed by atoms with Crippen LogP contribution in [0.5, 0.6) is 0 Å². The fourth-order valence-electron chi connectivity index (χ4n) is 5.25. The summed E-state index contributed by atoms with van der Waals surface area (Å²) in [5, 5.41) is 15.1. The Balaban J connectivity index is 1.30. The predicted molar refractivity (Wildman–Crippen MR) is 152 cm³/mol. The molecule has 0 aliphatic carbocycles. The van der Waals surface area contributed by atoms with Gasteiger partial charge in [-0.2, -0.15) is 0 Å². The molecule has 1 aromatic carbocycles. The number of urea groups is 1. The number of amides is 2. The summed E-state index contributed by atoms with van der Waals surface area (Å²) >= 11 is 1.48. The molecular weight excluding hydrogens is 532 g/mol. The second kappa shape index (κ2) is 11.6. The number of carboxylic acids is 1. The van der Waals surface area contributed by atoms with Crippen LogP contribution < -0.4 is 10.2 Å². The lowest BCUT2D eigenvalue weighted by atomic mass is 10.0. The number of benzene rings is 1. The van der Waals surface area contributed by atoms with Crippen molar-refractivity contribution in [1.82, 2.24) is 20.1 Å². The van der Waals surface area contributed by atoms with E-state index in [4.69, 9.17) is 9.84 Å². The number of carboxylic acid groups (broad SMARTS) is 1. The monoisotopic (exact) mass is 564 g/mol. The third-order valence-corrected chi connectivity index (χ3v) is 7.99. The third-order valence-electron chi connectivity index (χ3n) is 7.21. The van der Waals surface area contributed by atoms with Gasteiger partial charge in [0.2, 0.25) is 0 Å². The zero-order chi connectivity index (χ0) is 28.4. The van der Waals surface area contributed by atoms with Crippen molar-refractivity contribution in [2.75, 3.05) is 44.2 Å². The molecule has 0 saturated carbocycles. The summed E-state index contributed by atoms with van der Waals surface area (Å²) in [5.74, 6) is -0.699. The van der Waals surface area contributed by atoms with E-state index in [1.165, 1.54) is 11.3 Å². The van der Waals surface area contributed by atoms with Crippen molar-refractivity contribution < 1.29 is 24.2 Å². The predicted octanol–water partition coefficient (Wildman–Crippen LogP) is 2.81. The van der Waals surface area contributed by atoms with Gasteiger partial charge in [0.15, 0.2) is 10.8 Å². The van der Waals surface area contributed by atoms with Gasteiger partial charge in [0, 0.05) is 61.3 Å². The lowest BCUT2D eigenvalue weighted by Crippen LogP contribution is -2.53. The van der Waals surface area contributed by atoms with Gasteiger partial charge in [-0.15, -0.1) is 11.3 Å². The van der Waals surface area contributed by atoms with Crippen molar-refractivity contribution in [1.29, 1.82) is 0 Å². The fourth-order valence-corrected chi connectivity index (χ4v) is 5.83. The summed E-state index contributed by atoms with van der Waals surface area (Å²) in [5.41, 5.74) is 3.05. The van der Waals surface area contributed by atoms with E-state index in [9.17, 15) is 14.4 Å². The largest absolute Gasteiger partial charge is 0.478 e. The number of anilines is 1. The third kappa shape index (κ3) is 5.63. The number of carbonyl (C=O) groups excluding carboxylic acids is 2. The summed E-state index contributed by atoms with van der Waals surface area (Å²) in [4.78, 5) is 52.2. The van der Waals surface area contributed by atoms with Crippen LogP contribution >= 0.6 is 11.3 Å². The van der Waals surface area contributed by atoms with Crippen molar-refractivity contribution in [2.24, 2.45) is 4.99 Å². The highest BCUT2D eigenvalue weighted by atomic mass is 32.1. The van der Waals surface area contributed by atoms with E-state index in [-0.39, 0.29) is 36.3 Å². The summed E-state index contributed by atoms with van der Waals surface area (Å²) in [6.07, 6.45) is 3.33. The van der Waals surface area contributed by atoms with E-state index in [2.05, 4.69) is 20.2 Å². The fraction of sp³-hybridized carbons (Fsp3) is 0.393. The summed E-state index contributed by atoms with van der Waals surface area (Å²) < 4.78 is 5.36. The number of ether oxygens (including phenoxy) is 1. The molecule has 2 amide bonds. The number of nitrogens with one attached hydrogen (secondary N) is 1. The average Bonchev–Trinajstić information content (AvgIpc) is 3.57. The molecule has 5 rings (SSSR count). The Morgan fingerprint density at radius 2 is 2.00 bits per heavy atom. The molecule has 0 bridgehead atoms. The number of esters is 1. The molecule has 40 heavy (non-hydrogen) atoms. The molecule has 4 heterocycles. The van der Waals surface area contributed by atoms with Crippen molar-refractivity contribution in [3.05, 3.63) is 63.3 Å². The Kier molecular flexibility index (Phi) is 7.99. The zero-order valence-electron chi connectivity index (χ0n) is 22.7. The number of hydrogen-bond acceptors (Lipinski definition) is 9. The molecule has 3 aliphatic heterocycles. The number of aromatic nitrogens is 1. The minimum atomic E-state index is -0.963. The van der Waals surface area contributed by atoms with Crippen molar-refractivity contribution in [2.45, 2.75) is 32.9 Å². The minimum Gasteiger partial charge on any atom is -0.478 e. The van der Waals surface area contributed by atoms with E-state index in [1.807, 2.05) is 41.5 Å². The number of hydrogen-bond donors (Lipinski definition) is 2. The molecule has 0 radical (unpaired) electrons. The Labute approximate surface area is 236 Å². The number of amidine groups is 1.